The zero-order valence-corrected chi connectivity index (χ0v) is 14.9. The average molecular weight is 365 g/mol. The maximum Gasteiger partial charge on any atom is 0.279 e. The van der Waals surface area contributed by atoms with E-state index in [2.05, 4.69) is 10.9 Å². The van der Waals surface area contributed by atoms with Crippen molar-refractivity contribution in [2.45, 2.75) is 32.8 Å². The summed E-state index contributed by atoms with van der Waals surface area (Å²) in [6.07, 6.45) is 0.637. The Morgan fingerprint density at radius 2 is 2.12 bits per heavy atom. The van der Waals surface area contributed by atoms with Crippen molar-refractivity contribution in [3.05, 3.63) is 50.2 Å². The van der Waals surface area contributed by atoms with Gasteiger partial charge >= 0.3 is 0 Å². The second kappa shape index (κ2) is 6.83. The smallest absolute Gasteiger partial charge is 0.279 e. The molecule has 24 heavy (non-hydrogen) atoms. The van der Waals surface area contributed by atoms with E-state index in [0.717, 1.165) is 22.4 Å². The second-order valence-corrected chi connectivity index (χ2v) is 7.15. The predicted octanol–water partition coefficient (Wildman–Crippen LogP) is 3.04. The maximum absolute atomic E-state index is 12.2. The highest BCUT2D eigenvalue weighted by atomic mass is 35.5. The third kappa shape index (κ3) is 3.39. The molecule has 1 unspecified atom stereocenters. The van der Waals surface area contributed by atoms with Crippen molar-refractivity contribution in [2.24, 2.45) is 0 Å². The summed E-state index contributed by atoms with van der Waals surface area (Å²) in [5.41, 5.74) is 6.85. The van der Waals surface area contributed by atoms with Gasteiger partial charge in [-0.15, -0.1) is 11.3 Å². The first-order valence-electron chi connectivity index (χ1n) is 7.62. The number of nitrogens with one attached hydrogen (secondary N) is 2. The summed E-state index contributed by atoms with van der Waals surface area (Å²) < 4.78 is 5.58. The van der Waals surface area contributed by atoms with E-state index in [-0.39, 0.29) is 11.8 Å². The summed E-state index contributed by atoms with van der Waals surface area (Å²) in [6.45, 7) is 4.02. The van der Waals surface area contributed by atoms with Crippen LogP contribution >= 0.6 is 22.9 Å². The van der Waals surface area contributed by atoms with Crippen LogP contribution < -0.4 is 15.6 Å². The Labute approximate surface area is 148 Å². The number of hydrogen-bond acceptors (Lipinski definition) is 4. The number of rotatable bonds is 3. The number of ether oxygens (including phenoxy) is 1. The van der Waals surface area contributed by atoms with Gasteiger partial charge in [0.1, 0.15) is 5.75 Å². The minimum Gasteiger partial charge on any atom is -0.480 e. The van der Waals surface area contributed by atoms with Crippen LogP contribution in [0, 0.1) is 6.92 Å². The molecule has 1 atom stereocenters. The van der Waals surface area contributed by atoms with Crippen LogP contribution in [0.2, 0.25) is 5.02 Å². The number of amides is 2. The van der Waals surface area contributed by atoms with Crippen molar-refractivity contribution < 1.29 is 14.3 Å². The molecule has 0 aliphatic carbocycles. The molecule has 0 spiro atoms. The summed E-state index contributed by atoms with van der Waals surface area (Å²) in [5, 5.41) is 0.603. The number of hydrogen-bond donors (Lipinski definition) is 2. The van der Waals surface area contributed by atoms with Crippen LogP contribution in [0.1, 0.15) is 32.6 Å². The Bertz CT molecular complexity index is 803. The molecule has 5 nitrogen and oxygen atoms in total. The number of carbonyl (C=O) groups excluding carboxylic acids is 2. The molecule has 2 heterocycles. The van der Waals surface area contributed by atoms with Crippen LogP contribution in [0.5, 0.6) is 5.75 Å². The van der Waals surface area contributed by atoms with Crippen molar-refractivity contribution in [1.82, 2.24) is 10.9 Å². The van der Waals surface area contributed by atoms with Crippen LogP contribution in [0.25, 0.3) is 0 Å². The van der Waals surface area contributed by atoms with E-state index in [1.807, 2.05) is 19.9 Å². The van der Waals surface area contributed by atoms with Crippen LogP contribution in [-0.4, -0.2) is 17.9 Å². The lowest BCUT2D eigenvalue weighted by molar-refractivity contribution is -0.128. The van der Waals surface area contributed by atoms with Gasteiger partial charge in [-0.25, -0.2) is 0 Å². The Kier molecular flexibility index (Phi) is 4.78. The van der Waals surface area contributed by atoms with Crippen LogP contribution in [-0.2, 0) is 17.6 Å². The molecule has 0 fully saturated rings. The molecule has 0 bridgehead atoms. The molecular weight excluding hydrogens is 348 g/mol. The Morgan fingerprint density at radius 3 is 2.83 bits per heavy atom. The Hall–Kier alpha value is -2.05. The molecule has 0 saturated carbocycles. The van der Waals surface area contributed by atoms with E-state index >= 15 is 0 Å². The molecule has 1 aliphatic heterocycles. The van der Waals surface area contributed by atoms with Crippen molar-refractivity contribution in [2.75, 3.05) is 0 Å². The summed E-state index contributed by atoms with van der Waals surface area (Å²) in [4.78, 5) is 26.1. The fourth-order valence-corrected chi connectivity index (χ4v) is 3.81. The lowest BCUT2D eigenvalue weighted by Crippen LogP contribution is -2.47. The molecule has 0 saturated heterocycles. The highest BCUT2D eigenvalue weighted by molar-refractivity contribution is 7.14. The summed E-state index contributed by atoms with van der Waals surface area (Å²) >= 11 is 7.37. The lowest BCUT2D eigenvalue weighted by Gasteiger charge is -2.11. The molecule has 1 aromatic heterocycles. The summed E-state index contributed by atoms with van der Waals surface area (Å²) in [6, 6.07) is 7.06. The molecule has 0 radical (unpaired) electrons. The summed E-state index contributed by atoms with van der Waals surface area (Å²) in [7, 11) is 0. The highest BCUT2D eigenvalue weighted by Crippen LogP contribution is 2.31. The normalized spacial score (nSPS) is 15.5. The fraction of sp³-hybridized carbons (Fsp3) is 0.294. The van der Waals surface area contributed by atoms with Crippen molar-refractivity contribution in [3.63, 3.8) is 0 Å². The standard InChI is InChI=1S/C17H17ClN2O3S/c1-3-14-9(2)6-15(24-14)17(22)20-19-16(21)13-8-10-7-11(18)4-5-12(10)23-13/h4-7,13H,3,8H2,1-2H3,(H,19,21)(H,20,22). The highest BCUT2D eigenvalue weighted by Gasteiger charge is 2.29. The third-order valence-corrected chi connectivity index (χ3v) is 5.47. The molecule has 126 valence electrons. The van der Waals surface area contributed by atoms with Crippen LogP contribution in [0.15, 0.2) is 24.3 Å². The number of fused-ring (bicyclic) bond motifs is 1. The van der Waals surface area contributed by atoms with Crippen molar-refractivity contribution >= 4 is 34.8 Å². The maximum atomic E-state index is 12.2. The number of halogens is 1. The van der Waals surface area contributed by atoms with E-state index in [1.54, 1.807) is 18.2 Å². The van der Waals surface area contributed by atoms with E-state index in [1.165, 1.54) is 11.3 Å². The second-order valence-electron chi connectivity index (χ2n) is 5.58. The van der Waals surface area contributed by atoms with Gasteiger partial charge in [-0.05, 0) is 48.7 Å². The van der Waals surface area contributed by atoms with Crippen molar-refractivity contribution in [1.29, 1.82) is 0 Å². The van der Waals surface area contributed by atoms with Gasteiger partial charge in [-0.1, -0.05) is 18.5 Å². The first kappa shape index (κ1) is 16.8. The molecule has 2 aromatic rings. The van der Waals surface area contributed by atoms with Gasteiger partial charge in [-0.3, -0.25) is 20.4 Å². The summed E-state index contributed by atoms with van der Waals surface area (Å²) in [5.74, 6) is -0.0679. The first-order chi connectivity index (χ1) is 11.5. The average Bonchev–Trinajstić information content (AvgIpc) is 3.15. The quantitative estimate of drug-likeness (QED) is 0.822. The lowest BCUT2D eigenvalue weighted by atomic mass is 10.1. The van der Waals surface area contributed by atoms with Gasteiger partial charge < -0.3 is 4.74 Å². The number of benzene rings is 1. The molecule has 1 aliphatic rings. The van der Waals surface area contributed by atoms with E-state index in [9.17, 15) is 9.59 Å². The van der Waals surface area contributed by atoms with Crippen LogP contribution in [0.4, 0.5) is 0 Å². The topological polar surface area (TPSA) is 67.4 Å². The van der Waals surface area contributed by atoms with Crippen molar-refractivity contribution in [3.8, 4) is 5.75 Å². The van der Waals surface area contributed by atoms with Gasteiger partial charge in [0.2, 0.25) is 0 Å². The van der Waals surface area contributed by atoms with Gasteiger partial charge in [0.25, 0.3) is 11.8 Å². The number of hydrazine groups is 1. The monoisotopic (exact) mass is 364 g/mol. The zero-order valence-electron chi connectivity index (χ0n) is 13.3. The number of aryl methyl sites for hydroxylation is 2. The first-order valence-corrected chi connectivity index (χ1v) is 8.82. The zero-order chi connectivity index (χ0) is 17.3. The Morgan fingerprint density at radius 1 is 1.33 bits per heavy atom. The van der Waals surface area contributed by atoms with Gasteiger partial charge in [0.05, 0.1) is 4.88 Å². The van der Waals surface area contributed by atoms with Crippen LogP contribution in [0.3, 0.4) is 0 Å². The molecular formula is C17H17ClN2O3S. The minimum atomic E-state index is -0.671. The molecule has 7 heteroatoms. The largest absolute Gasteiger partial charge is 0.480 e. The third-order valence-electron chi connectivity index (χ3n) is 3.85. The van der Waals surface area contributed by atoms with E-state index in [0.29, 0.717) is 22.1 Å². The predicted molar refractivity (Wildman–Crippen MR) is 93.6 cm³/mol. The SMILES string of the molecule is CCc1sc(C(=O)NNC(=O)C2Cc3cc(Cl)ccc3O2)cc1C. The molecule has 3 rings (SSSR count). The number of carbonyl (C=O) groups is 2. The fourth-order valence-electron chi connectivity index (χ4n) is 2.61. The Balaban J connectivity index is 1.57. The van der Waals surface area contributed by atoms with Gasteiger partial charge in [0.15, 0.2) is 6.10 Å². The molecule has 2 N–H and O–H groups in total. The molecule has 1 aromatic carbocycles. The van der Waals surface area contributed by atoms with Gasteiger partial charge in [-0.2, -0.15) is 0 Å². The van der Waals surface area contributed by atoms with E-state index < -0.39 is 6.10 Å². The minimum absolute atomic E-state index is 0.324. The van der Waals surface area contributed by atoms with E-state index in [4.69, 9.17) is 16.3 Å². The molecule has 2 amide bonds. The number of thiophene rings is 1. The van der Waals surface area contributed by atoms with Gasteiger partial charge in [0, 0.05) is 16.3 Å².